The normalized spacial score (nSPS) is 11.0. The summed E-state index contributed by atoms with van der Waals surface area (Å²) in [5.41, 5.74) is 9.06. The molecule has 0 aliphatic carbocycles. The highest BCUT2D eigenvalue weighted by Gasteiger charge is 2.35. The van der Waals surface area contributed by atoms with Crippen LogP contribution in [0.15, 0.2) is 51.7 Å². The summed E-state index contributed by atoms with van der Waals surface area (Å²) in [6, 6.07) is 10.7. The van der Waals surface area contributed by atoms with Crippen LogP contribution in [0, 0.1) is 0 Å². The summed E-state index contributed by atoms with van der Waals surface area (Å²) in [6.45, 7) is 0. The van der Waals surface area contributed by atoms with E-state index in [0.29, 0.717) is 5.56 Å². The second kappa shape index (κ2) is 6.49. The number of alkyl halides is 3. The molecule has 6 nitrogen and oxygen atoms in total. The van der Waals surface area contributed by atoms with Gasteiger partial charge in [0.15, 0.2) is 5.58 Å². The lowest BCUT2D eigenvalue weighted by Crippen LogP contribution is -2.09. The standard InChI is InChI=1S/C8H5F3N2O2.C7H7NO/c9-8(10,11)4-1-3(12)2-5-6(4)15-7(14)13-5;8-7(9)6-4-2-1-3-5-6/h1-2H,12H2,(H,13,14);1-5H,(H2,8,9). The maximum Gasteiger partial charge on any atom is 0.420 e. The molecular weight excluding hydrogens is 327 g/mol. The highest BCUT2D eigenvalue weighted by molar-refractivity contribution is 5.92. The van der Waals surface area contributed by atoms with Gasteiger partial charge in [-0.15, -0.1) is 0 Å². The van der Waals surface area contributed by atoms with Gasteiger partial charge in [-0.1, -0.05) is 18.2 Å². The van der Waals surface area contributed by atoms with E-state index in [1.165, 1.54) is 6.07 Å². The van der Waals surface area contributed by atoms with E-state index in [9.17, 15) is 22.8 Å². The molecule has 0 saturated heterocycles. The third-order valence-electron chi connectivity index (χ3n) is 2.91. The predicted octanol–water partition coefficient (Wildman–Crippen LogP) is 2.51. The van der Waals surface area contributed by atoms with Crippen molar-refractivity contribution in [2.45, 2.75) is 6.18 Å². The first kappa shape index (κ1) is 17.1. The Labute approximate surface area is 132 Å². The first-order valence-electron chi connectivity index (χ1n) is 6.53. The van der Waals surface area contributed by atoms with E-state index in [1.54, 1.807) is 24.3 Å². The minimum Gasteiger partial charge on any atom is -0.407 e. The highest BCUT2D eigenvalue weighted by Crippen LogP contribution is 2.35. The highest BCUT2D eigenvalue weighted by atomic mass is 19.4. The van der Waals surface area contributed by atoms with E-state index in [-0.39, 0.29) is 17.1 Å². The molecule has 0 spiro atoms. The Morgan fingerprint density at radius 2 is 1.75 bits per heavy atom. The molecule has 0 unspecified atom stereocenters. The molecular formula is C15H12F3N3O3. The molecule has 1 amide bonds. The molecule has 3 aromatic rings. The van der Waals surface area contributed by atoms with Crippen molar-refractivity contribution in [2.75, 3.05) is 5.73 Å². The number of oxazole rings is 1. The molecule has 9 heteroatoms. The Balaban J connectivity index is 0.000000198. The van der Waals surface area contributed by atoms with Gasteiger partial charge in [0.2, 0.25) is 5.91 Å². The number of nitrogens with two attached hydrogens (primary N) is 2. The van der Waals surface area contributed by atoms with Crippen LogP contribution in [0.5, 0.6) is 0 Å². The zero-order chi connectivity index (χ0) is 17.9. The summed E-state index contributed by atoms with van der Waals surface area (Å²) in [4.78, 5) is 23.3. The molecule has 1 aromatic heterocycles. The van der Waals surface area contributed by atoms with Crippen LogP contribution >= 0.6 is 0 Å². The van der Waals surface area contributed by atoms with Crippen molar-refractivity contribution in [1.29, 1.82) is 0 Å². The third-order valence-corrected chi connectivity index (χ3v) is 2.91. The van der Waals surface area contributed by atoms with E-state index in [0.717, 1.165) is 6.07 Å². The minimum atomic E-state index is -4.61. The van der Waals surface area contributed by atoms with Crippen LogP contribution in [0.4, 0.5) is 18.9 Å². The molecule has 0 saturated carbocycles. The SMILES string of the molecule is NC(=O)c1ccccc1.Nc1cc(C(F)(F)F)c2oc(=O)[nH]c2c1. The summed E-state index contributed by atoms with van der Waals surface area (Å²) in [5, 5.41) is 0. The zero-order valence-electron chi connectivity index (χ0n) is 12.1. The van der Waals surface area contributed by atoms with Gasteiger partial charge in [-0.2, -0.15) is 13.2 Å². The molecule has 0 radical (unpaired) electrons. The van der Waals surface area contributed by atoms with E-state index in [1.807, 2.05) is 6.07 Å². The summed E-state index contributed by atoms with van der Waals surface area (Å²) < 4.78 is 41.8. The van der Waals surface area contributed by atoms with Crippen molar-refractivity contribution in [3.05, 3.63) is 64.1 Å². The number of H-pyrrole nitrogens is 1. The van der Waals surface area contributed by atoms with Crippen molar-refractivity contribution in [2.24, 2.45) is 5.73 Å². The molecule has 1 heterocycles. The van der Waals surface area contributed by atoms with E-state index >= 15 is 0 Å². The zero-order valence-corrected chi connectivity index (χ0v) is 12.1. The number of fused-ring (bicyclic) bond motifs is 1. The van der Waals surface area contributed by atoms with Crippen molar-refractivity contribution in [1.82, 2.24) is 4.98 Å². The number of anilines is 1. The number of amides is 1. The van der Waals surface area contributed by atoms with Gasteiger partial charge in [0, 0.05) is 11.3 Å². The summed E-state index contributed by atoms with van der Waals surface area (Å²) in [6.07, 6.45) is -4.61. The van der Waals surface area contributed by atoms with Gasteiger partial charge in [-0.25, -0.2) is 4.79 Å². The fourth-order valence-electron chi connectivity index (χ4n) is 1.90. The minimum absolute atomic E-state index is 0.0627. The van der Waals surface area contributed by atoms with Crippen LogP contribution in [-0.2, 0) is 6.18 Å². The Kier molecular flexibility index (Phi) is 4.63. The van der Waals surface area contributed by atoms with Crippen LogP contribution in [0.25, 0.3) is 11.1 Å². The topological polar surface area (TPSA) is 115 Å². The number of halogens is 3. The van der Waals surface area contributed by atoms with Crippen molar-refractivity contribution in [3.63, 3.8) is 0 Å². The fraction of sp³-hybridized carbons (Fsp3) is 0.0667. The van der Waals surface area contributed by atoms with Crippen molar-refractivity contribution < 1.29 is 22.4 Å². The van der Waals surface area contributed by atoms with E-state index in [2.05, 4.69) is 9.40 Å². The van der Waals surface area contributed by atoms with Crippen LogP contribution in [0.2, 0.25) is 0 Å². The lowest BCUT2D eigenvalue weighted by atomic mass is 10.1. The lowest BCUT2D eigenvalue weighted by Gasteiger charge is -2.06. The number of nitrogen functional groups attached to an aromatic ring is 1. The summed E-state index contributed by atoms with van der Waals surface area (Å²) >= 11 is 0. The average Bonchev–Trinajstić information content (AvgIpc) is 2.86. The molecule has 0 atom stereocenters. The first-order chi connectivity index (χ1) is 11.2. The number of rotatable bonds is 1. The van der Waals surface area contributed by atoms with Crippen LogP contribution in [0.3, 0.4) is 0 Å². The van der Waals surface area contributed by atoms with E-state index in [4.69, 9.17) is 11.5 Å². The molecule has 5 N–H and O–H groups in total. The smallest absolute Gasteiger partial charge is 0.407 e. The average molecular weight is 339 g/mol. The van der Waals surface area contributed by atoms with Gasteiger partial charge in [0.05, 0.1) is 5.52 Å². The molecule has 0 aliphatic rings. The molecule has 3 rings (SSSR count). The number of carbonyl (C=O) groups excluding carboxylic acids is 1. The largest absolute Gasteiger partial charge is 0.420 e. The Morgan fingerprint density at radius 1 is 1.12 bits per heavy atom. The van der Waals surface area contributed by atoms with Crippen molar-refractivity contribution >= 4 is 22.7 Å². The molecule has 0 aliphatic heterocycles. The number of carbonyl (C=O) groups is 1. The molecule has 0 fully saturated rings. The monoisotopic (exact) mass is 339 g/mol. The van der Waals surface area contributed by atoms with Gasteiger partial charge >= 0.3 is 11.9 Å². The fourth-order valence-corrected chi connectivity index (χ4v) is 1.90. The maximum absolute atomic E-state index is 12.5. The van der Waals surface area contributed by atoms with Gasteiger partial charge in [-0.05, 0) is 24.3 Å². The summed E-state index contributed by atoms with van der Waals surface area (Å²) in [5.74, 6) is -1.32. The second-order valence-corrected chi connectivity index (χ2v) is 4.69. The third kappa shape index (κ3) is 3.94. The van der Waals surface area contributed by atoms with Crippen LogP contribution < -0.4 is 17.2 Å². The number of primary amides is 1. The number of hydrogen-bond donors (Lipinski definition) is 3. The van der Waals surface area contributed by atoms with Crippen LogP contribution in [-0.4, -0.2) is 10.9 Å². The number of benzene rings is 2. The second-order valence-electron chi connectivity index (χ2n) is 4.69. The Bertz CT molecular complexity index is 914. The Hall–Kier alpha value is -3.23. The number of nitrogens with one attached hydrogen (secondary N) is 1. The first-order valence-corrected chi connectivity index (χ1v) is 6.53. The quantitative estimate of drug-likeness (QED) is 0.591. The molecule has 126 valence electrons. The Morgan fingerprint density at radius 3 is 2.25 bits per heavy atom. The number of aromatic amines is 1. The molecule has 0 bridgehead atoms. The molecule has 24 heavy (non-hydrogen) atoms. The van der Waals surface area contributed by atoms with Crippen molar-refractivity contribution in [3.8, 4) is 0 Å². The van der Waals surface area contributed by atoms with Gasteiger partial charge < -0.3 is 15.9 Å². The lowest BCUT2D eigenvalue weighted by molar-refractivity contribution is -0.136. The van der Waals surface area contributed by atoms with E-state index < -0.39 is 23.1 Å². The van der Waals surface area contributed by atoms with Gasteiger partial charge in [-0.3, -0.25) is 9.78 Å². The number of hydrogen-bond acceptors (Lipinski definition) is 4. The van der Waals surface area contributed by atoms with Gasteiger partial charge in [0.1, 0.15) is 5.56 Å². The van der Waals surface area contributed by atoms with Crippen LogP contribution in [0.1, 0.15) is 15.9 Å². The number of aromatic nitrogens is 1. The predicted molar refractivity (Wildman–Crippen MR) is 81.2 cm³/mol. The molecule has 2 aromatic carbocycles. The summed E-state index contributed by atoms with van der Waals surface area (Å²) in [7, 11) is 0. The maximum atomic E-state index is 12.5. The van der Waals surface area contributed by atoms with Gasteiger partial charge in [0.25, 0.3) is 0 Å².